The summed E-state index contributed by atoms with van der Waals surface area (Å²) in [5.41, 5.74) is 3.50. The number of carbonyl (C=O) groups is 1. The molecule has 0 amide bonds. The van der Waals surface area contributed by atoms with E-state index in [9.17, 15) is 9.90 Å². The molecule has 0 radical (unpaired) electrons. The van der Waals surface area contributed by atoms with Crippen LogP contribution in [-0.4, -0.2) is 42.5 Å². The Hall–Kier alpha value is -2.15. The first-order valence-electron chi connectivity index (χ1n) is 11.3. The van der Waals surface area contributed by atoms with Gasteiger partial charge in [-0.2, -0.15) is 0 Å². The number of aromatic carboxylic acids is 1. The first kappa shape index (κ1) is 24.0. The monoisotopic (exact) mass is 487 g/mol. The molecule has 0 aromatic heterocycles. The number of fused-ring (bicyclic) bond motifs is 2. The highest BCUT2D eigenvalue weighted by Gasteiger charge is 2.37. The Bertz CT molecular complexity index is 1010. The molecule has 7 heteroatoms. The summed E-state index contributed by atoms with van der Waals surface area (Å²) in [5.74, 6) is 2.03. The summed E-state index contributed by atoms with van der Waals surface area (Å²) >= 11 is 8.04. The van der Waals surface area contributed by atoms with Crippen LogP contribution in [0, 0.1) is 11.8 Å². The van der Waals surface area contributed by atoms with Crippen molar-refractivity contribution in [2.45, 2.75) is 31.9 Å². The SMILES string of the molecule is C=C[C@H](OC)[C@@H]1CC[C@H]1CN1Cc2ccc(Cl)cc2CCSCOc2ccc(C(=O)O)cc21. The molecule has 1 saturated carbocycles. The molecule has 2 aromatic carbocycles. The van der Waals surface area contributed by atoms with E-state index in [-0.39, 0.29) is 11.7 Å². The number of nitrogens with zero attached hydrogens (tertiary/aromatic N) is 1. The average Bonchev–Trinajstić information content (AvgIpc) is 2.82. The van der Waals surface area contributed by atoms with Crippen LogP contribution >= 0.6 is 23.4 Å². The summed E-state index contributed by atoms with van der Waals surface area (Å²) in [6.45, 7) is 5.39. The molecule has 1 aliphatic carbocycles. The van der Waals surface area contributed by atoms with Crippen molar-refractivity contribution in [1.29, 1.82) is 0 Å². The predicted molar refractivity (Wildman–Crippen MR) is 135 cm³/mol. The minimum atomic E-state index is -0.943. The standard InChI is InChI=1S/C26H30ClNO4S/c1-3-24(31-2)22-8-5-20(22)15-28-14-19-4-7-21(27)12-17(19)10-11-33-16-32-25-9-6-18(26(29)30)13-23(25)28/h3-4,6-7,9,12-13,20,22,24H,1,5,8,10-11,14-16H2,2H3,(H,29,30)/t20-,22+,24-/m0/s1. The minimum Gasteiger partial charge on any atom is -0.481 e. The Labute approximate surface area is 204 Å². The van der Waals surface area contributed by atoms with E-state index < -0.39 is 5.97 Å². The third-order valence-corrected chi connectivity index (χ3v) is 7.76. The first-order valence-corrected chi connectivity index (χ1v) is 12.8. The fourth-order valence-electron chi connectivity index (χ4n) is 4.78. The third-order valence-electron chi connectivity index (χ3n) is 6.75. The quantitative estimate of drug-likeness (QED) is 0.512. The van der Waals surface area contributed by atoms with Crippen LogP contribution in [0.1, 0.15) is 34.3 Å². The number of benzene rings is 2. The van der Waals surface area contributed by atoms with Gasteiger partial charge in [0.25, 0.3) is 0 Å². The average molecular weight is 488 g/mol. The van der Waals surface area contributed by atoms with Crippen molar-refractivity contribution in [1.82, 2.24) is 0 Å². The largest absolute Gasteiger partial charge is 0.481 e. The number of aryl methyl sites for hydroxylation is 1. The Morgan fingerprint density at radius 2 is 2.18 bits per heavy atom. The second-order valence-corrected chi connectivity index (χ2v) is 10.1. The van der Waals surface area contributed by atoms with Gasteiger partial charge >= 0.3 is 5.97 Å². The van der Waals surface area contributed by atoms with Crippen LogP contribution in [-0.2, 0) is 17.7 Å². The molecular formula is C26H30ClNO4S. The molecule has 176 valence electrons. The van der Waals surface area contributed by atoms with Gasteiger partial charge in [-0.15, -0.1) is 18.3 Å². The molecule has 0 bridgehead atoms. The fraction of sp³-hybridized carbons (Fsp3) is 0.423. The molecular weight excluding hydrogens is 458 g/mol. The summed E-state index contributed by atoms with van der Waals surface area (Å²) in [5, 5.41) is 10.4. The van der Waals surface area contributed by atoms with E-state index in [1.54, 1.807) is 37.1 Å². The maximum Gasteiger partial charge on any atom is 0.335 e. The lowest BCUT2D eigenvalue weighted by molar-refractivity contribution is 0.0137. The molecule has 2 aromatic rings. The van der Waals surface area contributed by atoms with Crippen LogP contribution < -0.4 is 9.64 Å². The zero-order valence-corrected chi connectivity index (χ0v) is 20.4. The summed E-state index contributed by atoms with van der Waals surface area (Å²) < 4.78 is 11.8. The molecule has 1 fully saturated rings. The second kappa shape index (κ2) is 10.9. The van der Waals surface area contributed by atoms with Gasteiger partial charge in [0.05, 0.1) is 17.4 Å². The van der Waals surface area contributed by atoms with Crippen molar-refractivity contribution >= 4 is 35.0 Å². The maximum atomic E-state index is 11.8. The Kier molecular flexibility index (Phi) is 7.89. The van der Waals surface area contributed by atoms with E-state index in [4.69, 9.17) is 21.1 Å². The highest BCUT2D eigenvalue weighted by molar-refractivity contribution is 7.99. The van der Waals surface area contributed by atoms with Gasteiger partial charge in [0.2, 0.25) is 0 Å². The van der Waals surface area contributed by atoms with Gasteiger partial charge in [-0.1, -0.05) is 23.7 Å². The van der Waals surface area contributed by atoms with Gasteiger partial charge in [0.15, 0.2) is 0 Å². The van der Waals surface area contributed by atoms with Gasteiger partial charge in [-0.25, -0.2) is 4.79 Å². The van der Waals surface area contributed by atoms with Crippen molar-refractivity contribution in [3.8, 4) is 5.75 Å². The van der Waals surface area contributed by atoms with Crippen molar-refractivity contribution in [3.05, 3.63) is 70.8 Å². The molecule has 3 atom stereocenters. The van der Waals surface area contributed by atoms with E-state index >= 15 is 0 Å². The lowest BCUT2D eigenvalue weighted by Crippen LogP contribution is -2.43. The van der Waals surface area contributed by atoms with Crippen LogP contribution in [0.15, 0.2) is 49.1 Å². The Balaban J connectivity index is 1.74. The van der Waals surface area contributed by atoms with Crippen LogP contribution in [0.4, 0.5) is 5.69 Å². The molecule has 0 saturated heterocycles. The summed E-state index contributed by atoms with van der Waals surface area (Å²) in [7, 11) is 1.73. The molecule has 1 N–H and O–H groups in total. The van der Waals surface area contributed by atoms with Crippen molar-refractivity contribution in [3.63, 3.8) is 0 Å². The van der Waals surface area contributed by atoms with Crippen LogP contribution in [0.25, 0.3) is 0 Å². The second-order valence-electron chi connectivity index (χ2n) is 8.64. The number of carboxylic acids is 1. The van der Waals surface area contributed by atoms with E-state index in [0.29, 0.717) is 30.1 Å². The topological polar surface area (TPSA) is 59.0 Å². The lowest BCUT2D eigenvalue weighted by atomic mass is 9.70. The zero-order chi connectivity index (χ0) is 23.4. The number of hydrogen-bond donors (Lipinski definition) is 1. The third kappa shape index (κ3) is 5.51. The van der Waals surface area contributed by atoms with Crippen LogP contribution in [0.5, 0.6) is 5.75 Å². The zero-order valence-electron chi connectivity index (χ0n) is 18.8. The molecule has 5 nitrogen and oxygen atoms in total. The summed E-state index contributed by atoms with van der Waals surface area (Å²) in [6, 6.07) is 11.2. The number of carboxylic acid groups (broad SMARTS) is 1. The van der Waals surface area contributed by atoms with E-state index in [1.165, 1.54) is 11.1 Å². The molecule has 1 aliphatic heterocycles. The molecule has 1 heterocycles. The van der Waals surface area contributed by atoms with E-state index in [2.05, 4.69) is 17.5 Å². The highest BCUT2D eigenvalue weighted by Crippen LogP contribution is 2.41. The van der Waals surface area contributed by atoms with Gasteiger partial charge < -0.3 is 19.5 Å². The van der Waals surface area contributed by atoms with Crippen molar-refractivity contribution in [2.24, 2.45) is 11.8 Å². The molecule has 2 aliphatic rings. The Morgan fingerprint density at radius 1 is 1.33 bits per heavy atom. The number of anilines is 1. The summed E-state index contributed by atoms with van der Waals surface area (Å²) in [6.07, 6.45) is 5.02. The molecule has 0 unspecified atom stereocenters. The maximum absolute atomic E-state index is 11.8. The minimum absolute atomic E-state index is 0.0243. The van der Waals surface area contributed by atoms with Gasteiger partial charge in [-0.3, -0.25) is 0 Å². The van der Waals surface area contributed by atoms with Crippen molar-refractivity contribution in [2.75, 3.05) is 30.2 Å². The number of thioether (sulfide) groups is 1. The highest BCUT2D eigenvalue weighted by atomic mass is 35.5. The number of hydrogen-bond acceptors (Lipinski definition) is 5. The van der Waals surface area contributed by atoms with Crippen LogP contribution in [0.3, 0.4) is 0 Å². The van der Waals surface area contributed by atoms with Gasteiger partial charge in [0, 0.05) is 31.0 Å². The number of halogens is 1. The molecule has 0 spiro atoms. The predicted octanol–water partition coefficient (Wildman–Crippen LogP) is 5.90. The number of rotatable bonds is 6. The molecule has 33 heavy (non-hydrogen) atoms. The molecule has 4 rings (SSSR count). The van der Waals surface area contributed by atoms with Crippen LogP contribution in [0.2, 0.25) is 5.02 Å². The van der Waals surface area contributed by atoms with Gasteiger partial charge in [-0.05, 0) is 72.6 Å². The Morgan fingerprint density at radius 3 is 2.88 bits per heavy atom. The van der Waals surface area contributed by atoms with E-state index in [0.717, 1.165) is 42.3 Å². The lowest BCUT2D eigenvalue weighted by Gasteiger charge is -2.43. The van der Waals surface area contributed by atoms with Crippen molar-refractivity contribution < 1.29 is 19.4 Å². The van der Waals surface area contributed by atoms with Gasteiger partial charge in [0.1, 0.15) is 11.7 Å². The summed E-state index contributed by atoms with van der Waals surface area (Å²) in [4.78, 5) is 14.0. The smallest absolute Gasteiger partial charge is 0.335 e. The first-order chi connectivity index (χ1) is 16.0. The van der Waals surface area contributed by atoms with E-state index in [1.807, 2.05) is 18.2 Å². The number of methoxy groups -OCH3 is 1. The number of ether oxygens (including phenoxy) is 2. The fourth-order valence-corrected chi connectivity index (χ4v) is 5.67. The normalized spacial score (nSPS) is 21.5.